The summed E-state index contributed by atoms with van der Waals surface area (Å²) in [5.41, 5.74) is 1.10. The number of methoxy groups -OCH3 is 1. The van der Waals surface area contributed by atoms with Gasteiger partial charge in [0.25, 0.3) is 0 Å². The Morgan fingerprint density at radius 2 is 2.24 bits per heavy atom. The van der Waals surface area contributed by atoms with Gasteiger partial charge in [0, 0.05) is 13.1 Å². The number of hydrogen-bond donors (Lipinski definition) is 2. The van der Waals surface area contributed by atoms with Gasteiger partial charge in [0.2, 0.25) is 5.91 Å². The van der Waals surface area contributed by atoms with Crippen molar-refractivity contribution in [1.29, 1.82) is 0 Å². The molecule has 0 radical (unpaired) electrons. The molecule has 0 bridgehead atoms. The predicted molar refractivity (Wildman–Crippen MR) is 71.1 cm³/mol. The first-order chi connectivity index (χ1) is 8.17. The minimum Gasteiger partial charge on any atom is -0.496 e. The average molecular weight is 301 g/mol. The average Bonchev–Trinajstić information content (AvgIpc) is 2.29. The fourth-order valence-electron chi connectivity index (χ4n) is 1.40. The van der Waals surface area contributed by atoms with Gasteiger partial charge in [-0.3, -0.25) is 4.79 Å². The molecule has 17 heavy (non-hydrogen) atoms. The molecule has 0 aliphatic heterocycles. The predicted octanol–water partition coefficient (Wildman–Crippen LogP) is 1.68. The number of carbonyl (C=O) groups is 1. The number of ether oxygens (including phenoxy) is 1. The Balaban J connectivity index is 2.42. The van der Waals surface area contributed by atoms with E-state index in [1.807, 2.05) is 25.1 Å². The number of likely N-dealkylation sites (N-methyl/N-ethyl adjacent to an activating group) is 1. The molecule has 0 atom stereocenters. The van der Waals surface area contributed by atoms with Crippen LogP contribution in [0.2, 0.25) is 0 Å². The summed E-state index contributed by atoms with van der Waals surface area (Å²) in [6.45, 7) is 3.55. The van der Waals surface area contributed by atoms with Crippen LogP contribution in [0.1, 0.15) is 12.5 Å². The molecule has 0 saturated heterocycles. The molecule has 94 valence electrons. The van der Waals surface area contributed by atoms with Gasteiger partial charge in [0.05, 0.1) is 18.1 Å². The van der Waals surface area contributed by atoms with Crippen LogP contribution in [0.3, 0.4) is 0 Å². The molecule has 2 N–H and O–H groups in total. The highest BCUT2D eigenvalue weighted by molar-refractivity contribution is 9.10. The van der Waals surface area contributed by atoms with Gasteiger partial charge in [-0.15, -0.1) is 0 Å². The van der Waals surface area contributed by atoms with Crippen LogP contribution in [0.4, 0.5) is 0 Å². The summed E-state index contributed by atoms with van der Waals surface area (Å²) in [4.78, 5) is 11.2. The number of benzene rings is 1. The molecule has 0 fully saturated rings. The molecular weight excluding hydrogens is 284 g/mol. The zero-order chi connectivity index (χ0) is 12.7. The lowest BCUT2D eigenvalue weighted by Crippen LogP contribution is -2.33. The van der Waals surface area contributed by atoms with Gasteiger partial charge in [0.1, 0.15) is 5.75 Å². The van der Waals surface area contributed by atoms with Crippen LogP contribution in [0.15, 0.2) is 22.7 Å². The van der Waals surface area contributed by atoms with Crippen LogP contribution in [0.5, 0.6) is 5.75 Å². The minimum atomic E-state index is 0.0140. The first kappa shape index (κ1) is 14.0. The van der Waals surface area contributed by atoms with Gasteiger partial charge in [-0.05, 0) is 40.5 Å². The van der Waals surface area contributed by atoms with E-state index in [0.717, 1.165) is 15.8 Å². The Labute approximate surface area is 110 Å². The zero-order valence-corrected chi connectivity index (χ0v) is 11.6. The zero-order valence-electron chi connectivity index (χ0n) is 10.0. The lowest BCUT2D eigenvalue weighted by atomic mass is 10.2. The van der Waals surface area contributed by atoms with Crippen LogP contribution >= 0.6 is 15.9 Å². The van der Waals surface area contributed by atoms with Crippen molar-refractivity contribution >= 4 is 21.8 Å². The maximum absolute atomic E-state index is 11.2. The number of carbonyl (C=O) groups excluding carboxylic acids is 1. The molecule has 0 spiro atoms. The number of amides is 1. The number of hydrogen-bond acceptors (Lipinski definition) is 3. The van der Waals surface area contributed by atoms with Crippen LogP contribution in [0, 0.1) is 0 Å². The van der Waals surface area contributed by atoms with E-state index in [1.54, 1.807) is 7.11 Å². The van der Waals surface area contributed by atoms with Crippen molar-refractivity contribution in [2.24, 2.45) is 0 Å². The Morgan fingerprint density at radius 3 is 2.82 bits per heavy atom. The summed E-state index contributed by atoms with van der Waals surface area (Å²) in [7, 11) is 1.63. The third-order valence-corrected chi connectivity index (χ3v) is 2.82. The van der Waals surface area contributed by atoms with Crippen molar-refractivity contribution in [2.75, 3.05) is 20.2 Å². The molecule has 0 aliphatic carbocycles. The molecule has 5 heteroatoms. The summed E-state index contributed by atoms with van der Waals surface area (Å²) in [5.74, 6) is 0.817. The summed E-state index contributed by atoms with van der Waals surface area (Å²) in [5, 5.41) is 5.81. The van der Waals surface area contributed by atoms with Crippen molar-refractivity contribution < 1.29 is 9.53 Å². The fourth-order valence-corrected chi connectivity index (χ4v) is 1.99. The summed E-state index contributed by atoms with van der Waals surface area (Å²) < 4.78 is 6.06. The van der Waals surface area contributed by atoms with E-state index < -0.39 is 0 Å². The van der Waals surface area contributed by atoms with Crippen LogP contribution in [-0.4, -0.2) is 26.1 Å². The van der Waals surface area contributed by atoms with Crippen LogP contribution < -0.4 is 15.4 Å². The lowest BCUT2D eigenvalue weighted by molar-refractivity contribution is -0.120. The van der Waals surface area contributed by atoms with Gasteiger partial charge in [-0.25, -0.2) is 0 Å². The molecule has 1 amide bonds. The SMILES string of the molecule is CCNC(=O)CNCc1ccc(OC)c(Br)c1. The maximum atomic E-state index is 11.2. The number of rotatable bonds is 6. The number of nitrogens with one attached hydrogen (secondary N) is 2. The first-order valence-corrected chi connectivity index (χ1v) is 6.26. The second-order valence-corrected chi connectivity index (χ2v) is 4.38. The van der Waals surface area contributed by atoms with Crippen LogP contribution in [-0.2, 0) is 11.3 Å². The highest BCUT2D eigenvalue weighted by atomic mass is 79.9. The summed E-state index contributed by atoms with van der Waals surface area (Å²) in [6.07, 6.45) is 0. The monoisotopic (exact) mass is 300 g/mol. The second kappa shape index (κ2) is 7.29. The van der Waals surface area contributed by atoms with E-state index >= 15 is 0 Å². The summed E-state index contributed by atoms with van der Waals surface area (Å²) >= 11 is 3.42. The molecule has 4 nitrogen and oxygen atoms in total. The molecule has 1 aromatic carbocycles. The van der Waals surface area contributed by atoms with E-state index in [-0.39, 0.29) is 5.91 Å². The Kier molecular flexibility index (Phi) is 6.00. The normalized spacial score (nSPS) is 10.1. The van der Waals surface area contributed by atoms with E-state index in [9.17, 15) is 4.79 Å². The van der Waals surface area contributed by atoms with Gasteiger partial charge in [0.15, 0.2) is 0 Å². The van der Waals surface area contributed by atoms with E-state index in [2.05, 4.69) is 26.6 Å². The highest BCUT2D eigenvalue weighted by Gasteiger charge is 2.02. The molecule has 0 aliphatic rings. The molecular formula is C12H17BrN2O2. The van der Waals surface area contributed by atoms with Gasteiger partial charge in [-0.2, -0.15) is 0 Å². The maximum Gasteiger partial charge on any atom is 0.233 e. The molecule has 0 heterocycles. The second-order valence-electron chi connectivity index (χ2n) is 3.53. The van der Waals surface area contributed by atoms with Crippen molar-refractivity contribution in [2.45, 2.75) is 13.5 Å². The fraction of sp³-hybridized carbons (Fsp3) is 0.417. The third-order valence-electron chi connectivity index (χ3n) is 2.20. The highest BCUT2D eigenvalue weighted by Crippen LogP contribution is 2.25. The standard InChI is InChI=1S/C12H17BrN2O2/c1-3-15-12(16)8-14-7-9-4-5-11(17-2)10(13)6-9/h4-6,14H,3,7-8H2,1-2H3,(H,15,16). The van der Waals surface area contributed by atoms with Crippen molar-refractivity contribution in [1.82, 2.24) is 10.6 Å². The van der Waals surface area contributed by atoms with E-state index in [0.29, 0.717) is 19.6 Å². The van der Waals surface area contributed by atoms with Gasteiger partial charge in [-0.1, -0.05) is 6.07 Å². The molecule has 1 aromatic rings. The minimum absolute atomic E-state index is 0.0140. The quantitative estimate of drug-likeness (QED) is 0.840. The van der Waals surface area contributed by atoms with Crippen molar-refractivity contribution in [3.8, 4) is 5.75 Å². The van der Waals surface area contributed by atoms with Crippen molar-refractivity contribution in [3.05, 3.63) is 28.2 Å². The van der Waals surface area contributed by atoms with Crippen molar-refractivity contribution in [3.63, 3.8) is 0 Å². The third kappa shape index (κ3) is 4.75. The first-order valence-electron chi connectivity index (χ1n) is 5.47. The molecule has 0 saturated carbocycles. The smallest absolute Gasteiger partial charge is 0.233 e. The molecule has 1 rings (SSSR count). The van der Waals surface area contributed by atoms with Crippen LogP contribution in [0.25, 0.3) is 0 Å². The topological polar surface area (TPSA) is 50.4 Å². The summed E-state index contributed by atoms with van der Waals surface area (Å²) in [6, 6.07) is 5.84. The Bertz CT molecular complexity index is 383. The largest absolute Gasteiger partial charge is 0.496 e. The molecule has 0 aromatic heterocycles. The van der Waals surface area contributed by atoms with Gasteiger partial charge >= 0.3 is 0 Å². The van der Waals surface area contributed by atoms with Gasteiger partial charge < -0.3 is 15.4 Å². The Hall–Kier alpha value is -1.07. The molecule has 0 unspecified atom stereocenters. The van der Waals surface area contributed by atoms with E-state index in [4.69, 9.17) is 4.74 Å². The Morgan fingerprint density at radius 1 is 1.47 bits per heavy atom. The lowest BCUT2D eigenvalue weighted by Gasteiger charge is -2.07. The van der Waals surface area contributed by atoms with E-state index in [1.165, 1.54) is 0 Å². The number of halogens is 1.